The van der Waals surface area contributed by atoms with Crippen molar-refractivity contribution in [1.29, 1.82) is 0 Å². The number of hydrogen-bond donors (Lipinski definition) is 1. The van der Waals surface area contributed by atoms with E-state index in [1.165, 1.54) is 0 Å². The fraction of sp³-hybridized carbons (Fsp3) is 0.375. The molecule has 0 aliphatic heterocycles. The SMILES string of the molecule is CN(C)c1ncccc1CN. The van der Waals surface area contributed by atoms with Gasteiger partial charge in [-0.25, -0.2) is 4.98 Å². The molecule has 0 radical (unpaired) electrons. The summed E-state index contributed by atoms with van der Waals surface area (Å²) in [5, 5.41) is 0. The highest BCUT2D eigenvalue weighted by Crippen LogP contribution is 2.12. The van der Waals surface area contributed by atoms with Gasteiger partial charge < -0.3 is 10.6 Å². The first kappa shape index (κ1) is 8.01. The Bertz CT molecular complexity index is 233. The predicted molar refractivity (Wildman–Crippen MR) is 46.5 cm³/mol. The first-order valence-electron chi connectivity index (χ1n) is 3.57. The minimum atomic E-state index is 0.543. The summed E-state index contributed by atoms with van der Waals surface area (Å²) in [5.74, 6) is 0.954. The van der Waals surface area contributed by atoms with Gasteiger partial charge in [-0.1, -0.05) is 6.07 Å². The predicted octanol–water partition coefficient (Wildman–Crippen LogP) is 0.606. The highest BCUT2D eigenvalue weighted by Gasteiger charge is 2.01. The van der Waals surface area contributed by atoms with E-state index in [0.29, 0.717) is 6.54 Å². The largest absolute Gasteiger partial charge is 0.362 e. The van der Waals surface area contributed by atoms with Crippen LogP contribution in [-0.4, -0.2) is 19.1 Å². The average molecular weight is 151 g/mol. The summed E-state index contributed by atoms with van der Waals surface area (Å²) in [4.78, 5) is 6.16. The Hall–Kier alpha value is -1.09. The number of nitrogens with two attached hydrogens (primary N) is 1. The molecule has 1 rings (SSSR count). The van der Waals surface area contributed by atoms with Crippen LogP contribution in [0.3, 0.4) is 0 Å². The Kier molecular flexibility index (Phi) is 2.44. The van der Waals surface area contributed by atoms with Crippen molar-refractivity contribution in [2.75, 3.05) is 19.0 Å². The van der Waals surface area contributed by atoms with Crippen LogP contribution in [0.4, 0.5) is 5.82 Å². The second-order valence-corrected chi connectivity index (χ2v) is 2.58. The summed E-state index contributed by atoms with van der Waals surface area (Å²) in [6, 6.07) is 3.89. The van der Waals surface area contributed by atoms with E-state index in [0.717, 1.165) is 11.4 Å². The molecule has 0 bridgehead atoms. The van der Waals surface area contributed by atoms with E-state index < -0.39 is 0 Å². The van der Waals surface area contributed by atoms with Crippen LogP contribution in [0.5, 0.6) is 0 Å². The summed E-state index contributed by atoms with van der Waals surface area (Å²) in [6.45, 7) is 0.543. The maximum absolute atomic E-state index is 5.52. The smallest absolute Gasteiger partial charge is 0.132 e. The van der Waals surface area contributed by atoms with Crippen LogP contribution in [0.15, 0.2) is 18.3 Å². The van der Waals surface area contributed by atoms with Crippen LogP contribution in [0.25, 0.3) is 0 Å². The number of aromatic nitrogens is 1. The molecule has 1 heterocycles. The Balaban J connectivity index is 3.02. The van der Waals surface area contributed by atoms with Crippen molar-refractivity contribution < 1.29 is 0 Å². The lowest BCUT2D eigenvalue weighted by molar-refractivity contribution is 0.986. The topological polar surface area (TPSA) is 42.2 Å². The third-order valence-electron chi connectivity index (χ3n) is 1.51. The van der Waals surface area contributed by atoms with Crippen molar-refractivity contribution in [1.82, 2.24) is 4.98 Å². The van der Waals surface area contributed by atoms with Gasteiger partial charge in [-0.3, -0.25) is 0 Å². The second kappa shape index (κ2) is 3.34. The van der Waals surface area contributed by atoms with E-state index in [1.54, 1.807) is 6.20 Å². The molecule has 0 aromatic carbocycles. The van der Waals surface area contributed by atoms with Crippen LogP contribution < -0.4 is 10.6 Å². The lowest BCUT2D eigenvalue weighted by Gasteiger charge is -2.14. The Morgan fingerprint density at radius 1 is 1.55 bits per heavy atom. The van der Waals surface area contributed by atoms with Crippen molar-refractivity contribution in [3.05, 3.63) is 23.9 Å². The number of anilines is 1. The molecule has 3 heteroatoms. The standard InChI is InChI=1S/C8H13N3/c1-11(2)8-7(6-9)4-3-5-10-8/h3-5H,6,9H2,1-2H3. The molecule has 60 valence electrons. The maximum Gasteiger partial charge on any atom is 0.132 e. The Labute approximate surface area is 66.8 Å². The molecule has 0 spiro atoms. The quantitative estimate of drug-likeness (QED) is 0.673. The van der Waals surface area contributed by atoms with Crippen molar-refractivity contribution in [2.24, 2.45) is 5.73 Å². The molecule has 0 atom stereocenters. The lowest BCUT2D eigenvalue weighted by Crippen LogP contribution is -2.14. The maximum atomic E-state index is 5.52. The Morgan fingerprint density at radius 2 is 2.27 bits per heavy atom. The molecule has 0 aliphatic rings. The van der Waals surface area contributed by atoms with Crippen LogP contribution >= 0.6 is 0 Å². The fourth-order valence-corrected chi connectivity index (χ4v) is 0.992. The molecule has 3 nitrogen and oxygen atoms in total. The molecule has 2 N–H and O–H groups in total. The first-order chi connectivity index (χ1) is 5.25. The van der Waals surface area contributed by atoms with Gasteiger partial charge in [0.1, 0.15) is 5.82 Å². The van der Waals surface area contributed by atoms with Gasteiger partial charge in [0, 0.05) is 32.4 Å². The average Bonchev–Trinajstić information content (AvgIpc) is 2.04. The molecule has 0 saturated carbocycles. The summed E-state index contributed by atoms with van der Waals surface area (Å²) in [7, 11) is 3.92. The zero-order chi connectivity index (χ0) is 8.27. The van der Waals surface area contributed by atoms with E-state index in [1.807, 2.05) is 31.1 Å². The monoisotopic (exact) mass is 151 g/mol. The van der Waals surface area contributed by atoms with Crippen molar-refractivity contribution in [3.8, 4) is 0 Å². The van der Waals surface area contributed by atoms with Crippen LogP contribution in [0.2, 0.25) is 0 Å². The van der Waals surface area contributed by atoms with Gasteiger partial charge in [-0.2, -0.15) is 0 Å². The third kappa shape index (κ3) is 1.68. The minimum absolute atomic E-state index is 0.543. The molecular formula is C8H13N3. The van der Waals surface area contributed by atoms with Gasteiger partial charge in [-0.05, 0) is 6.07 Å². The molecule has 1 aromatic rings. The van der Waals surface area contributed by atoms with Gasteiger partial charge in [0.15, 0.2) is 0 Å². The van der Waals surface area contributed by atoms with Crippen molar-refractivity contribution in [3.63, 3.8) is 0 Å². The minimum Gasteiger partial charge on any atom is -0.362 e. The number of rotatable bonds is 2. The molecule has 0 amide bonds. The zero-order valence-corrected chi connectivity index (χ0v) is 6.91. The molecule has 0 aliphatic carbocycles. The molecule has 0 unspecified atom stereocenters. The van der Waals surface area contributed by atoms with Gasteiger partial charge >= 0.3 is 0 Å². The van der Waals surface area contributed by atoms with E-state index in [-0.39, 0.29) is 0 Å². The number of nitrogens with zero attached hydrogens (tertiary/aromatic N) is 2. The summed E-state index contributed by atoms with van der Waals surface area (Å²) in [5.41, 5.74) is 6.60. The van der Waals surface area contributed by atoms with E-state index in [4.69, 9.17) is 5.73 Å². The molecule has 1 aromatic heterocycles. The molecule has 11 heavy (non-hydrogen) atoms. The molecule has 0 fully saturated rings. The fourth-order valence-electron chi connectivity index (χ4n) is 0.992. The summed E-state index contributed by atoms with van der Waals surface area (Å²) in [6.07, 6.45) is 1.77. The van der Waals surface area contributed by atoms with Gasteiger partial charge in [0.25, 0.3) is 0 Å². The summed E-state index contributed by atoms with van der Waals surface area (Å²) >= 11 is 0. The van der Waals surface area contributed by atoms with Crippen molar-refractivity contribution >= 4 is 5.82 Å². The van der Waals surface area contributed by atoms with Gasteiger partial charge in [0.2, 0.25) is 0 Å². The second-order valence-electron chi connectivity index (χ2n) is 2.58. The first-order valence-corrected chi connectivity index (χ1v) is 3.57. The highest BCUT2D eigenvalue weighted by molar-refractivity contribution is 5.44. The van der Waals surface area contributed by atoms with E-state index in [9.17, 15) is 0 Å². The summed E-state index contributed by atoms with van der Waals surface area (Å²) < 4.78 is 0. The third-order valence-corrected chi connectivity index (χ3v) is 1.51. The van der Waals surface area contributed by atoms with Gasteiger partial charge in [-0.15, -0.1) is 0 Å². The lowest BCUT2D eigenvalue weighted by atomic mass is 10.2. The van der Waals surface area contributed by atoms with Crippen LogP contribution in [0.1, 0.15) is 5.56 Å². The van der Waals surface area contributed by atoms with Crippen LogP contribution in [-0.2, 0) is 6.54 Å². The van der Waals surface area contributed by atoms with E-state index >= 15 is 0 Å². The van der Waals surface area contributed by atoms with E-state index in [2.05, 4.69) is 4.98 Å². The Morgan fingerprint density at radius 3 is 2.73 bits per heavy atom. The van der Waals surface area contributed by atoms with Crippen molar-refractivity contribution in [2.45, 2.75) is 6.54 Å². The van der Waals surface area contributed by atoms with Gasteiger partial charge in [0.05, 0.1) is 0 Å². The highest BCUT2D eigenvalue weighted by atomic mass is 15.1. The molecule has 0 saturated heterocycles. The molecular weight excluding hydrogens is 138 g/mol. The normalized spacial score (nSPS) is 9.73. The zero-order valence-electron chi connectivity index (χ0n) is 6.91. The number of pyridine rings is 1. The van der Waals surface area contributed by atoms with Crippen LogP contribution in [0, 0.1) is 0 Å². The number of hydrogen-bond acceptors (Lipinski definition) is 3.